The van der Waals surface area contributed by atoms with Crippen LogP contribution in [-0.4, -0.2) is 19.9 Å². The van der Waals surface area contributed by atoms with E-state index in [0.717, 1.165) is 44.5 Å². The number of aromatic nitrogens is 4. The van der Waals surface area contributed by atoms with Crippen molar-refractivity contribution in [3.05, 3.63) is 66.0 Å². The van der Waals surface area contributed by atoms with Gasteiger partial charge in [0.25, 0.3) is 0 Å². The number of rotatable bonds is 0. The van der Waals surface area contributed by atoms with E-state index in [9.17, 15) is 0 Å². The summed E-state index contributed by atoms with van der Waals surface area (Å²) in [6.07, 6.45) is 4.07. The SMILES string of the molecule is C1=Cc2nc1cc1ccc(cc3ccc(cc4ccc2[nH]4)[nH]3)[nH]1.[Cu]. The molecule has 0 spiro atoms. The summed E-state index contributed by atoms with van der Waals surface area (Å²) in [5.74, 6) is 0. The molecule has 0 aromatic carbocycles. The van der Waals surface area contributed by atoms with Crippen molar-refractivity contribution in [3.8, 4) is 0 Å². The second kappa shape index (κ2) is 5.71. The molecule has 0 atom stereocenters. The van der Waals surface area contributed by atoms with E-state index in [-0.39, 0.29) is 17.1 Å². The van der Waals surface area contributed by atoms with Crippen LogP contribution in [0.4, 0.5) is 0 Å². The summed E-state index contributed by atoms with van der Waals surface area (Å²) in [6.45, 7) is 0. The molecule has 0 saturated heterocycles. The van der Waals surface area contributed by atoms with Gasteiger partial charge in [0.15, 0.2) is 0 Å². The molecule has 0 saturated carbocycles. The number of hydrogen-bond donors (Lipinski definition) is 3. The van der Waals surface area contributed by atoms with Gasteiger partial charge in [-0.25, -0.2) is 4.98 Å². The third kappa shape index (κ3) is 2.64. The maximum Gasteiger partial charge on any atom is 0.0872 e. The molecule has 1 aliphatic rings. The van der Waals surface area contributed by atoms with Crippen LogP contribution in [0.25, 0.3) is 45.3 Å². The van der Waals surface area contributed by atoms with Crippen LogP contribution in [0.5, 0.6) is 0 Å². The van der Waals surface area contributed by atoms with Gasteiger partial charge in [0.2, 0.25) is 0 Å². The van der Waals surface area contributed by atoms with Crippen LogP contribution >= 0.6 is 0 Å². The van der Waals surface area contributed by atoms with Crippen molar-refractivity contribution in [1.29, 1.82) is 0 Å². The molecule has 4 aromatic rings. The second-order valence-electron chi connectivity index (χ2n) is 5.75. The van der Waals surface area contributed by atoms with Crippen LogP contribution in [-0.2, 0) is 17.1 Å². The minimum atomic E-state index is 0. The number of nitrogens with one attached hydrogen (secondary N) is 3. The number of H-pyrrole nitrogens is 3. The third-order valence-electron chi connectivity index (χ3n) is 4.03. The average molecular weight is 362 g/mol. The van der Waals surface area contributed by atoms with Gasteiger partial charge in [-0.2, -0.15) is 0 Å². The summed E-state index contributed by atoms with van der Waals surface area (Å²) >= 11 is 0. The molecule has 4 nitrogen and oxygen atoms in total. The Morgan fingerprint density at radius 1 is 0.583 bits per heavy atom. The molecule has 8 bridgehead atoms. The molecule has 5 heteroatoms. The molecule has 5 rings (SSSR count). The van der Waals surface area contributed by atoms with E-state index in [1.165, 1.54) is 0 Å². The van der Waals surface area contributed by atoms with Gasteiger partial charge in [0, 0.05) is 44.7 Å². The molecule has 1 aliphatic heterocycles. The summed E-state index contributed by atoms with van der Waals surface area (Å²) in [5, 5.41) is 0. The third-order valence-corrected chi connectivity index (χ3v) is 4.03. The van der Waals surface area contributed by atoms with Gasteiger partial charge in [-0.05, 0) is 66.7 Å². The Morgan fingerprint density at radius 2 is 1.12 bits per heavy atom. The van der Waals surface area contributed by atoms with Crippen molar-refractivity contribution in [2.45, 2.75) is 0 Å². The molecule has 1 radical (unpaired) electrons. The largest absolute Gasteiger partial charge is 0.355 e. The first-order valence-electron chi connectivity index (χ1n) is 7.57. The van der Waals surface area contributed by atoms with Crippen LogP contribution < -0.4 is 0 Å². The van der Waals surface area contributed by atoms with E-state index >= 15 is 0 Å². The van der Waals surface area contributed by atoms with Gasteiger partial charge in [-0.3, -0.25) is 0 Å². The molecule has 0 aliphatic carbocycles. The predicted octanol–water partition coefficient (Wildman–Crippen LogP) is 4.69. The molecule has 121 valence electrons. The zero-order valence-electron chi connectivity index (χ0n) is 12.6. The average Bonchev–Trinajstić information content (AvgIpc) is 3.28. The number of aromatic amines is 3. The van der Waals surface area contributed by atoms with E-state index in [1.807, 2.05) is 12.2 Å². The van der Waals surface area contributed by atoms with Crippen LogP contribution in [0.2, 0.25) is 0 Å². The van der Waals surface area contributed by atoms with Crippen molar-refractivity contribution in [3.63, 3.8) is 0 Å². The standard InChI is InChI=1S/C19H14N4.Cu/c1-3-14-10-16-5-7-18(22-16)19-8-6-17(23-19)11-15-4-2-13(21-15)9-12(1)20-14;/h1-11,20-22H;. The van der Waals surface area contributed by atoms with Gasteiger partial charge in [-0.15, -0.1) is 0 Å². The molecule has 4 aromatic heterocycles. The normalized spacial score (nSPS) is 11.7. The molecule has 0 unspecified atom stereocenters. The van der Waals surface area contributed by atoms with E-state index in [0.29, 0.717) is 0 Å². The van der Waals surface area contributed by atoms with E-state index < -0.39 is 0 Å². The quantitative estimate of drug-likeness (QED) is 0.344. The first-order chi connectivity index (χ1) is 11.3. The Labute approximate surface area is 148 Å². The van der Waals surface area contributed by atoms with E-state index in [1.54, 1.807) is 0 Å². The van der Waals surface area contributed by atoms with Gasteiger partial charge < -0.3 is 15.0 Å². The Hall–Kier alpha value is -2.75. The Balaban J connectivity index is 0.00000146. The minimum absolute atomic E-state index is 0. The zero-order chi connectivity index (χ0) is 15.2. The fourth-order valence-electron chi connectivity index (χ4n) is 2.94. The van der Waals surface area contributed by atoms with Gasteiger partial charge in [0.05, 0.1) is 16.9 Å². The first kappa shape index (κ1) is 14.8. The molecule has 24 heavy (non-hydrogen) atoms. The van der Waals surface area contributed by atoms with E-state index in [2.05, 4.69) is 74.5 Å². The Kier molecular flexibility index (Phi) is 3.53. The van der Waals surface area contributed by atoms with Crippen LogP contribution in [0, 0.1) is 0 Å². The first-order valence-corrected chi connectivity index (χ1v) is 7.57. The fraction of sp³-hybridized carbons (Fsp3) is 0. The Bertz CT molecular complexity index is 1180. The topological polar surface area (TPSA) is 60.3 Å². The predicted molar refractivity (Wildman–Crippen MR) is 95.2 cm³/mol. The van der Waals surface area contributed by atoms with Gasteiger partial charge in [-0.1, -0.05) is 0 Å². The molecular weight excluding hydrogens is 348 g/mol. The Morgan fingerprint density at radius 3 is 1.79 bits per heavy atom. The van der Waals surface area contributed by atoms with Gasteiger partial charge in [0.1, 0.15) is 0 Å². The summed E-state index contributed by atoms with van der Waals surface area (Å²) in [4.78, 5) is 14.9. The fourth-order valence-corrected chi connectivity index (χ4v) is 2.94. The molecule has 0 amide bonds. The van der Waals surface area contributed by atoms with Crippen molar-refractivity contribution >= 4 is 45.3 Å². The molecule has 5 heterocycles. The van der Waals surface area contributed by atoms with Crippen molar-refractivity contribution in [1.82, 2.24) is 19.9 Å². The van der Waals surface area contributed by atoms with Crippen LogP contribution in [0.1, 0.15) is 11.4 Å². The monoisotopic (exact) mass is 361 g/mol. The minimum Gasteiger partial charge on any atom is -0.355 e. The maximum atomic E-state index is 4.68. The summed E-state index contributed by atoms with van der Waals surface area (Å²) in [5.41, 5.74) is 8.22. The van der Waals surface area contributed by atoms with E-state index in [4.69, 9.17) is 0 Å². The second-order valence-corrected chi connectivity index (χ2v) is 5.75. The number of nitrogens with zero attached hydrogens (tertiary/aromatic N) is 1. The summed E-state index contributed by atoms with van der Waals surface area (Å²) < 4.78 is 0. The summed E-state index contributed by atoms with van der Waals surface area (Å²) in [7, 11) is 0. The van der Waals surface area contributed by atoms with Crippen molar-refractivity contribution in [2.75, 3.05) is 0 Å². The smallest absolute Gasteiger partial charge is 0.0872 e. The van der Waals surface area contributed by atoms with Crippen LogP contribution in [0.3, 0.4) is 0 Å². The van der Waals surface area contributed by atoms with Crippen molar-refractivity contribution in [2.24, 2.45) is 0 Å². The zero-order valence-corrected chi connectivity index (χ0v) is 13.5. The maximum absolute atomic E-state index is 4.68. The molecule has 3 N–H and O–H groups in total. The van der Waals surface area contributed by atoms with Gasteiger partial charge >= 0.3 is 0 Å². The summed E-state index contributed by atoms with van der Waals surface area (Å²) in [6, 6.07) is 18.7. The number of fused-ring (bicyclic) bond motifs is 9. The molecular formula is C19H14CuN4. The molecule has 0 fully saturated rings. The van der Waals surface area contributed by atoms with Crippen molar-refractivity contribution < 1.29 is 17.1 Å². The number of hydrogen-bond acceptors (Lipinski definition) is 1. The van der Waals surface area contributed by atoms with Crippen LogP contribution in [0.15, 0.2) is 54.6 Å².